The van der Waals surface area contributed by atoms with E-state index in [1.807, 2.05) is 0 Å². The zero-order chi connectivity index (χ0) is 19.0. The molecule has 7 nitrogen and oxygen atoms in total. The number of amides is 2. The fourth-order valence-corrected chi connectivity index (χ4v) is 2.92. The molecule has 0 spiro atoms. The first-order chi connectivity index (χ1) is 12.3. The summed E-state index contributed by atoms with van der Waals surface area (Å²) in [6.07, 6.45) is 1.34. The predicted octanol–water partition coefficient (Wildman–Crippen LogP) is 1.28. The maximum Gasteiger partial charge on any atom is 0.259 e. The number of aromatic amines is 1. The van der Waals surface area contributed by atoms with E-state index in [1.54, 1.807) is 0 Å². The molecule has 138 valence electrons. The molecule has 10 heteroatoms. The maximum absolute atomic E-state index is 13.8. The Bertz CT molecular complexity index is 870. The molecule has 1 aliphatic heterocycles. The van der Waals surface area contributed by atoms with Gasteiger partial charge >= 0.3 is 0 Å². The molecule has 2 aromatic rings. The summed E-state index contributed by atoms with van der Waals surface area (Å²) >= 11 is 0. The van der Waals surface area contributed by atoms with Crippen LogP contribution in [-0.2, 0) is 11.3 Å². The highest BCUT2D eigenvalue weighted by molar-refractivity contribution is 6.01. The Kier molecular flexibility index (Phi) is 4.58. The number of aromatic nitrogens is 2. The average molecular weight is 367 g/mol. The lowest BCUT2D eigenvalue weighted by Gasteiger charge is -2.39. The van der Waals surface area contributed by atoms with Crippen LogP contribution in [0.25, 0.3) is 0 Å². The zero-order valence-corrected chi connectivity index (χ0v) is 13.8. The van der Waals surface area contributed by atoms with Gasteiger partial charge in [-0.05, 0) is 13.0 Å². The molecule has 0 bridgehead atoms. The van der Waals surface area contributed by atoms with Crippen molar-refractivity contribution in [1.82, 2.24) is 20.0 Å². The van der Waals surface area contributed by atoms with Crippen molar-refractivity contribution in [2.75, 3.05) is 18.8 Å². The Morgan fingerprint density at radius 1 is 1.35 bits per heavy atom. The number of nitrogens with zero attached hydrogens (tertiary/aromatic N) is 3. The van der Waals surface area contributed by atoms with Crippen LogP contribution in [0.15, 0.2) is 18.3 Å². The minimum Gasteiger partial charge on any atom is -0.382 e. The standard InChI is InChI=1S/C16H16F3N5O2/c1-8-15(25)23(7-9-4-10(17)5-12(18)13(9)19)2-3-24(8)16(26)11-6-21-22-14(11)20/h4-6,8H,2-3,7H2,1H3,(H3,20,21,22)/t8-/m1/s1. The van der Waals surface area contributed by atoms with Gasteiger partial charge in [-0.1, -0.05) is 0 Å². The highest BCUT2D eigenvalue weighted by Crippen LogP contribution is 2.21. The van der Waals surface area contributed by atoms with Gasteiger partial charge in [0, 0.05) is 37.5 Å². The second kappa shape index (κ2) is 6.70. The first-order valence-corrected chi connectivity index (χ1v) is 7.82. The summed E-state index contributed by atoms with van der Waals surface area (Å²) in [6, 6.07) is 0.446. The molecule has 1 aromatic heterocycles. The summed E-state index contributed by atoms with van der Waals surface area (Å²) in [6.45, 7) is 1.48. The van der Waals surface area contributed by atoms with Crippen LogP contribution in [0.3, 0.4) is 0 Å². The van der Waals surface area contributed by atoms with E-state index in [0.717, 1.165) is 6.07 Å². The molecular weight excluding hydrogens is 351 g/mol. The molecule has 3 N–H and O–H groups in total. The van der Waals surface area contributed by atoms with Crippen LogP contribution in [0.5, 0.6) is 0 Å². The van der Waals surface area contributed by atoms with Crippen molar-refractivity contribution in [2.24, 2.45) is 0 Å². The first kappa shape index (κ1) is 17.8. The van der Waals surface area contributed by atoms with Crippen molar-refractivity contribution in [1.29, 1.82) is 0 Å². The Labute approximate surface area is 146 Å². The summed E-state index contributed by atoms with van der Waals surface area (Å²) in [5, 5.41) is 6.14. The van der Waals surface area contributed by atoms with E-state index in [0.29, 0.717) is 6.07 Å². The Balaban J connectivity index is 1.76. The summed E-state index contributed by atoms with van der Waals surface area (Å²) in [4.78, 5) is 27.6. The van der Waals surface area contributed by atoms with Crippen LogP contribution in [0, 0.1) is 17.5 Å². The lowest BCUT2D eigenvalue weighted by atomic mass is 10.1. The van der Waals surface area contributed by atoms with Gasteiger partial charge in [0.05, 0.1) is 0 Å². The van der Waals surface area contributed by atoms with Gasteiger partial charge < -0.3 is 15.5 Å². The van der Waals surface area contributed by atoms with Crippen LogP contribution in [0.4, 0.5) is 19.0 Å². The van der Waals surface area contributed by atoms with Crippen molar-refractivity contribution in [3.63, 3.8) is 0 Å². The van der Waals surface area contributed by atoms with E-state index in [9.17, 15) is 22.8 Å². The third-order valence-corrected chi connectivity index (χ3v) is 4.34. The lowest BCUT2D eigenvalue weighted by Crippen LogP contribution is -2.57. The van der Waals surface area contributed by atoms with E-state index in [1.165, 1.54) is 22.9 Å². The molecule has 2 amide bonds. The number of benzene rings is 1. The Morgan fingerprint density at radius 3 is 2.73 bits per heavy atom. The normalized spacial score (nSPS) is 17.7. The molecule has 26 heavy (non-hydrogen) atoms. The SMILES string of the molecule is C[C@@H]1C(=O)N(Cc2cc(F)cc(F)c2F)CCN1C(=O)c1c[nH]nc1N. The van der Waals surface area contributed by atoms with Gasteiger partial charge in [-0.15, -0.1) is 0 Å². The molecule has 0 unspecified atom stereocenters. The second-order valence-corrected chi connectivity index (χ2v) is 5.98. The fourth-order valence-electron chi connectivity index (χ4n) is 2.92. The highest BCUT2D eigenvalue weighted by atomic mass is 19.2. The predicted molar refractivity (Wildman–Crippen MR) is 85.2 cm³/mol. The Morgan fingerprint density at radius 2 is 2.08 bits per heavy atom. The van der Waals surface area contributed by atoms with E-state index in [2.05, 4.69) is 10.2 Å². The average Bonchev–Trinajstić information content (AvgIpc) is 3.02. The maximum atomic E-state index is 13.8. The van der Waals surface area contributed by atoms with Crippen LogP contribution in [-0.4, -0.2) is 50.9 Å². The van der Waals surface area contributed by atoms with Crippen molar-refractivity contribution >= 4 is 17.6 Å². The topological polar surface area (TPSA) is 95.3 Å². The fraction of sp³-hybridized carbons (Fsp3) is 0.312. The number of nitrogens with two attached hydrogens (primary N) is 1. The quantitative estimate of drug-likeness (QED) is 0.799. The number of anilines is 1. The summed E-state index contributed by atoms with van der Waals surface area (Å²) in [5.41, 5.74) is 5.49. The van der Waals surface area contributed by atoms with Crippen LogP contribution in [0.2, 0.25) is 0 Å². The largest absolute Gasteiger partial charge is 0.382 e. The van der Waals surface area contributed by atoms with E-state index >= 15 is 0 Å². The number of H-pyrrole nitrogens is 1. The molecule has 1 atom stereocenters. The van der Waals surface area contributed by atoms with Gasteiger partial charge in [-0.25, -0.2) is 13.2 Å². The van der Waals surface area contributed by atoms with Gasteiger partial charge in [0.25, 0.3) is 5.91 Å². The number of hydrogen-bond acceptors (Lipinski definition) is 4. The number of nitrogen functional groups attached to an aromatic ring is 1. The number of halogens is 3. The van der Waals surface area contributed by atoms with Gasteiger partial charge in [0.15, 0.2) is 17.5 Å². The minimum atomic E-state index is -1.32. The lowest BCUT2D eigenvalue weighted by molar-refractivity contribution is -0.140. The third kappa shape index (κ3) is 3.09. The summed E-state index contributed by atoms with van der Waals surface area (Å²) in [7, 11) is 0. The molecular formula is C16H16F3N5O2. The van der Waals surface area contributed by atoms with Gasteiger partial charge in [-0.3, -0.25) is 14.7 Å². The molecule has 1 saturated heterocycles. The first-order valence-electron chi connectivity index (χ1n) is 7.82. The van der Waals surface area contributed by atoms with Crippen LogP contribution < -0.4 is 5.73 Å². The third-order valence-electron chi connectivity index (χ3n) is 4.34. The number of nitrogens with one attached hydrogen (secondary N) is 1. The number of rotatable bonds is 3. The van der Waals surface area contributed by atoms with Crippen LogP contribution in [0.1, 0.15) is 22.8 Å². The summed E-state index contributed by atoms with van der Waals surface area (Å²) in [5.74, 6) is -4.34. The van der Waals surface area contributed by atoms with Gasteiger partial charge in [0.2, 0.25) is 5.91 Å². The molecule has 3 rings (SSSR count). The zero-order valence-electron chi connectivity index (χ0n) is 13.8. The number of hydrogen-bond donors (Lipinski definition) is 2. The van der Waals surface area contributed by atoms with Crippen molar-refractivity contribution in [3.05, 3.63) is 46.9 Å². The molecule has 0 radical (unpaired) electrons. The number of carbonyl (C=O) groups is 2. The summed E-state index contributed by atoms with van der Waals surface area (Å²) < 4.78 is 40.5. The Hall–Kier alpha value is -3.04. The van der Waals surface area contributed by atoms with E-state index < -0.39 is 35.3 Å². The molecule has 2 heterocycles. The monoisotopic (exact) mass is 367 g/mol. The van der Waals surface area contributed by atoms with Gasteiger partial charge in [-0.2, -0.15) is 5.10 Å². The number of carbonyl (C=O) groups excluding carboxylic acids is 2. The molecule has 0 aliphatic carbocycles. The highest BCUT2D eigenvalue weighted by Gasteiger charge is 2.36. The second-order valence-electron chi connectivity index (χ2n) is 5.98. The van der Waals surface area contributed by atoms with Gasteiger partial charge in [0.1, 0.15) is 17.4 Å². The minimum absolute atomic E-state index is 0.0226. The van der Waals surface area contributed by atoms with Crippen molar-refractivity contribution in [3.8, 4) is 0 Å². The molecule has 1 aromatic carbocycles. The molecule has 1 aliphatic rings. The molecule has 0 saturated carbocycles. The van der Waals surface area contributed by atoms with Crippen molar-refractivity contribution < 1.29 is 22.8 Å². The smallest absolute Gasteiger partial charge is 0.259 e. The van der Waals surface area contributed by atoms with Crippen LogP contribution >= 0.6 is 0 Å². The van der Waals surface area contributed by atoms with E-state index in [-0.39, 0.29) is 36.6 Å². The number of piperazine rings is 1. The molecule has 1 fully saturated rings. The van der Waals surface area contributed by atoms with E-state index in [4.69, 9.17) is 5.73 Å². The van der Waals surface area contributed by atoms with Crippen molar-refractivity contribution in [2.45, 2.75) is 19.5 Å².